The fraction of sp³-hybridized carbons (Fsp3) is 0.368. The number of H-pyrrole nitrogens is 1. The Bertz CT molecular complexity index is 4330. The average Bonchev–Trinajstić information content (AvgIpc) is 1.52. The van der Waals surface area contributed by atoms with Crippen LogP contribution in [-0.2, 0) is 14.2 Å². The van der Waals surface area contributed by atoms with E-state index in [2.05, 4.69) is 133 Å². The van der Waals surface area contributed by atoms with Crippen LogP contribution in [0.25, 0.3) is 56.3 Å². The first kappa shape index (κ1) is 63.3. The summed E-state index contributed by atoms with van der Waals surface area (Å²) in [5, 5.41) is 16.9. The lowest BCUT2D eigenvalue weighted by atomic mass is 10.1. The minimum atomic E-state index is -1.53. The van der Waals surface area contributed by atoms with Gasteiger partial charge in [-0.1, -0.05) is 54.6 Å². The molecule has 4 aliphatic rings. The van der Waals surface area contributed by atoms with Crippen LogP contribution < -0.4 is 32.6 Å². The van der Waals surface area contributed by atoms with Crippen molar-refractivity contribution in [2.24, 2.45) is 0 Å². The number of nitrogens with one attached hydrogen (secondary N) is 2. The number of piperidine rings is 2. The molecule has 0 radical (unpaired) electrons. The third kappa shape index (κ3) is 13.8. The Hall–Kier alpha value is -8.86. The van der Waals surface area contributed by atoms with Crippen molar-refractivity contribution in [2.75, 3.05) is 59.3 Å². The van der Waals surface area contributed by atoms with Crippen LogP contribution in [0, 0.1) is 11.6 Å². The van der Waals surface area contributed by atoms with Crippen LogP contribution >= 0.6 is 7.26 Å². The molecule has 10 heterocycles. The van der Waals surface area contributed by atoms with Crippen LogP contribution in [0.4, 0.5) is 13.6 Å². The van der Waals surface area contributed by atoms with E-state index in [9.17, 15) is 28.3 Å². The minimum Gasteiger partial charge on any atom is -0.444 e. The predicted molar refractivity (Wildman–Crippen MR) is 353 cm³/mol. The molecule has 0 atom stereocenters. The van der Waals surface area contributed by atoms with E-state index in [0.717, 1.165) is 57.1 Å². The van der Waals surface area contributed by atoms with Gasteiger partial charge in [0.15, 0.2) is 11.3 Å². The second-order valence-electron chi connectivity index (χ2n) is 24.5. The lowest BCUT2D eigenvalue weighted by Gasteiger charge is -2.31. The van der Waals surface area contributed by atoms with E-state index in [1.807, 2.05) is 29.9 Å². The van der Waals surface area contributed by atoms with Gasteiger partial charge in [0.2, 0.25) is 11.9 Å². The average molecular weight is 1270 g/mol. The number of carbonyl (C=O) groups is 1. The number of aromatic nitrogens is 12. The topological polar surface area (TPSA) is 232 Å². The standard InChI is InChI=1S/C22H24FN7O2.C19H18P.C17H15FN6O2.C10H19NO3/c23-14-1-2-17-18(11-14)28(13-26-17)21-25-12-19-20(27-21)30(16-5-9-32-10-6-16)22(31)29(19)15-3-7-24-8-4-15;1-20(17-11-5-2-6-12-17,18-13-7-3-8-14-18)19-15-9-4-10-16-19;18-10-1-2-12-14(7-10)23(9-20-12)16-19-8-13-15(22-16)24(17(25)21-13)11-3-5-26-6-4-11;1-10(2,3)14-9(13)11-6-4-8(12)5-7-11/h1-2,11-13,15-16,24H,3-10H2;2-16H,1H3;1-2,7-9,11H,3-6H2,(H,21,25);8,12H,4-7H2,1-3H3/q;+1;;. The summed E-state index contributed by atoms with van der Waals surface area (Å²) in [6.45, 7) is 13.4. The summed E-state index contributed by atoms with van der Waals surface area (Å²) >= 11 is 0. The Morgan fingerprint density at radius 3 is 1.55 bits per heavy atom. The third-order valence-electron chi connectivity index (χ3n) is 17.3. The number of carbonyl (C=O) groups excluding carboxylic acids is 1. The molecule has 92 heavy (non-hydrogen) atoms. The summed E-state index contributed by atoms with van der Waals surface area (Å²) in [6.07, 6.45) is 12.0. The van der Waals surface area contributed by atoms with E-state index in [0.29, 0.717) is 103 Å². The zero-order valence-electron chi connectivity index (χ0n) is 52.0. The van der Waals surface area contributed by atoms with Gasteiger partial charge >= 0.3 is 17.5 Å². The van der Waals surface area contributed by atoms with Gasteiger partial charge in [-0.05, 0) is 146 Å². The fourth-order valence-corrected chi connectivity index (χ4v) is 15.6. The molecule has 4 saturated heterocycles. The quantitative estimate of drug-likeness (QED) is 0.120. The van der Waals surface area contributed by atoms with Crippen LogP contribution in [0.2, 0.25) is 0 Å². The lowest BCUT2D eigenvalue weighted by molar-refractivity contribution is 0.0100. The number of likely N-dealkylation sites (tertiary alicyclic amines) is 1. The Balaban J connectivity index is 0.000000123. The van der Waals surface area contributed by atoms with E-state index >= 15 is 0 Å². The van der Waals surface area contributed by atoms with Crippen molar-refractivity contribution in [1.29, 1.82) is 0 Å². The molecule has 21 nitrogen and oxygen atoms in total. The number of hydrogen-bond donors (Lipinski definition) is 3. The highest BCUT2D eigenvalue weighted by Gasteiger charge is 2.40. The summed E-state index contributed by atoms with van der Waals surface area (Å²) in [6, 6.07) is 41.6. The van der Waals surface area contributed by atoms with Gasteiger partial charge in [0.05, 0.1) is 47.2 Å². The SMILES string of the molecule is CC(C)(C)OC(=O)N1CCC(O)CC1.C[P+](c1ccccc1)(c1ccccc1)c1ccccc1.O=c1[nH]c2cnc(-n3cnc4ccc(F)cc43)nc2n1C1CCOCC1.O=c1n(C2CCNCC2)c2cnc(-n3cnc4ccc(F)cc43)nc2n1C1CCOCC1. The second-order valence-corrected chi connectivity index (χ2v) is 28.0. The number of fused-ring (bicyclic) bond motifs is 4. The molecule has 6 aromatic heterocycles. The Labute approximate surface area is 530 Å². The minimum absolute atomic E-state index is 0.0291. The van der Waals surface area contributed by atoms with Crippen molar-refractivity contribution in [3.8, 4) is 11.9 Å². The summed E-state index contributed by atoms with van der Waals surface area (Å²) in [7, 11) is -1.53. The smallest absolute Gasteiger partial charge is 0.410 e. The molecular weight excluding hydrogens is 1190 g/mol. The largest absolute Gasteiger partial charge is 0.444 e. The van der Waals surface area contributed by atoms with Crippen molar-refractivity contribution in [3.63, 3.8) is 0 Å². The van der Waals surface area contributed by atoms with Crippen LogP contribution in [-0.4, -0.2) is 145 Å². The zero-order valence-corrected chi connectivity index (χ0v) is 52.9. The zero-order chi connectivity index (χ0) is 63.9. The number of ether oxygens (including phenoxy) is 3. The lowest BCUT2D eigenvalue weighted by Crippen LogP contribution is -2.42. The van der Waals surface area contributed by atoms with E-state index in [1.54, 1.807) is 55.8 Å². The molecule has 0 aliphatic carbocycles. The van der Waals surface area contributed by atoms with Gasteiger partial charge in [-0.15, -0.1) is 0 Å². The molecule has 0 unspecified atom stereocenters. The van der Waals surface area contributed by atoms with Gasteiger partial charge in [0.25, 0.3) is 0 Å². The summed E-state index contributed by atoms with van der Waals surface area (Å²) < 4.78 is 52.3. The number of halogens is 2. The molecule has 24 heteroatoms. The summed E-state index contributed by atoms with van der Waals surface area (Å²) in [4.78, 5) is 69.0. The highest BCUT2D eigenvalue weighted by molar-refractivity contribution is 7.95. The number of aliphatic hydroxyl groups is 1. The molecule has 0 spiro atoms. The number of amides is 1. The van der Waals surface area contributed by atoms with Crippen molar-refractivity contribution in [1.82, 2.24) is 67.9 Å². The van der Waals surface area contributed by atoms with Gasteiger partial charge in [-0.2, -0.15) is 9.97 Å². The maximum absolute atomic E-state index is 13.9. The van der Waals surface area contributed by atoms with Crippen LogP contribution in [0.1, 0.15) is 90.3 Å². The molecule has 4 aliphatic heterocycles. The van der Waals surface area contributed by atoms with Gasteiger partial charge in [0, 0.05) is 69.8 Å². The molecule has 0 bridgehead atoms. The van der Waals surface area contributed by atoms with Crippen LogP contribution in [0.15, 0.2) is 162 Å². The second kappa shape index (κ2) is 27.9. The van der Waals surface area contributed by atoms with Crippen molar-refractivity contribution < 1.29 is 32.9 Å². The third-order valence-corrected chi connectivity index (χ3v) is 21.2. The summed E-state index contributed by atoms with van der Waals surface area (Å²) in [5.74, 6) is -0.00290. The number of hydrogen-bond acceptors (Lipinski definition) is 14. The Kier molecular flexibility index (Phi) is 19.2. The van der Waals surface area contributed by atoms with Gasteiger partial charge in [-0.3, -0.25) is 22.8 Å². The number of imidazole rings is 4. The Morgan fingerprint density at radius 2 is 1.05 bits per heavy atom. The first-order valence-electron chi connectivity index (χ1n) is 31.4. The molecule has 478 valence electrons. The van der Waals surface area contributed by atoms with Gasteiger partial charge in [0.1, 0.15) is 64.1 Å². The molecule has 1 amide bonds. The number of nitrogens with zero attached hydrogens (tertiary/aromatic N) is 12. The van der Waals surface area contributed by atoms with Crippen molar-refractivity contribution in [2.45, 2.75) is 102 Å². The fourth-order valence-electron chi connectivity index (χ4n) is 12.4. The molecule has 3 N–H and O–H groups in total. The molecule has 5 aromatic carbocycles. The number of aromatic amines is 1. The highest BCUT2D eigenvalue weighted by atomic mass is 31.2. The van der Waals surface area contributed by atoms with Crippen molar-refractivity contribution in [3.05, 3.63) is 185 Å². The maximum Gasteiger partial charge on any atom is 0.410 e. The van der Waals surface area contributed by atoms with Crippen LogP contribution in [0.3, 0.4) is 0 Å². The molecule has 0 saturated carbocycles. The highest BCUT2D eigenvalue weighted by Crippen LogP contribution is 2.51. The number of rotatable bonds is 8. The van der Waals surface area contributed by atoms with E-state index in [-0.39, 0.29) is 53.3 Å². The molecule has 15 rings (SSSR count). The molecule has 11 aromatic rings. The molecule has 4 fully saturated rings. The normalized spacial score (nSPS) is 16.4. The van der Waals surface area contributed by atoms with Gasteiger partial charge in [-0.25, -0.2) is 43.1 Å². The van der Waals surface area contributed by atoms with E-state index in [1.165, 1.54) is 40.2 Å². The maximum atomic E-state index is 13.9. The first-order valence-corrected chi connectivity index (χ1v) is 33.6. The van der Waals surface area contributed by atoms with Gasteiger partial charge < -0.3 is 34.5 Å². The number of aliphatic hydroxyl groups excluding tert-OH is 1. The van der Waals surface area contributed by atoms with Crippen molar-refractivity contribution >= 4 is 73.7 Å². The molecular formula is C68H76F2N14O7P+. The Morgan fingerprint density at radius 1 is 0.587 bits per heavy atom. The van der Waals surface area contributed by atoms with Crippen LogP contribution in [0.5, 0.6) is 0 Å². The predicted octanol–water partition coefficient (Wildman–Crippen LogP) is 9.28. The summed E-state index contributed by atoms with van der Waals surface area (Å²) in [5.41, 5.74) is 4.24. The number of benzene rings is 5. The van der Waals surface area contributed by atoms with E-state index in [4.69, 9.17) is 19.2 Å². The van der Waals surface area contributed by atoms with E-state index < -0.39 is 12.9 Å². The monoisotopic (exact) mass is 1270 g/mol. The first-order chi connectivity index (χ1) is 44.6.